The molecule has 0 amide bonds. The van der Waals surface area contributed by atoms with Gasteiger partial charge in [0.05, 0.1) is 19.8 Å². The molecule has 0 bridgehead atoms. The van der Waals surface area contributed by atoms with Crippen molar-refractivity contribution in [3.05, 3.63) is 25.3 Å². The second-order valence-corrected chi connectivity index (χ2v) is 4.62. The Morgan fingerprint density at radius 1 is 1.20 bits per heavy atom. The summed E-state index contributed by atoms with van der Waals surface area (Å²) in [5, 5.41) is 0. The minimum absolute atomic E-state index is 0.346. The summed E-state index contributed by atoms with van der Waals surface area (Å²) in [5.41, 5.74) is 0. The van der Waals surface area contributed by atoms with Crippen LogP contribution < -0.4 is 0 Å². The van der Waals surface area contributed by atoms with Gasteiger partial charge in [-0.3, -0.25) is 0 Å². The number of ether oxygens (including phenoxy) is 2. The first-order chi connectivity index (χ1) is 7.33. The van der Waals surface area contributed by atoms with Gasteiger partial charge in [-0.2, -0.15) is 0 Å². The first kappa shape index (κ1) is 10.9. The van der Waals surface area contributed by atoms with E-state index in [0.29, 0.717) is 23.9 Å². The van der Waals surface area contributed by atoms with Crippen LogP contribution in [0.3, 0.4) is 0 Å². The van der Waals surface area contributed by atoms with Gasteiger partial charge in [0, 0.05) is 0 Å². The molecule has 3 atom stereocenters. The van der Waals surface area contributed by atoms with E-state index < -0.39 is 0 Å². The van der Waals surface area contributed by atoms with Crippen molar-refractivity contribution in [3.63, 3.8) is 0 Å². The fourth-order valence-electron chi connectivity index (χ4n) is 2.44. The van der Waals surface area contributed by atoms with Gasteiger partial charge in [-0.1, -0.05) is 12.2 Å². The molecule has 1 heterocycles. The average Bonchev–Trinajstić information content (AvgIpc) is 2.58. The molecule has 1 aliphatic heterocycles. The van der Waals surface area contributed by atoms with Crippen molar-refractivity contribution in [2.75, 3.05) is 19.8 Å². The molecule has 1 saturated heterocycles. The molecule has 3 unspecified atom stereocenters. The van der Waals surface area contributed by atoms with Gasteiger partial charge in [-0.25, -0.2) is 0 Å². The van der Waals surface area contributed by atoms with Crippen molar-refractivity contribution in [1.82, 2.24) is 0 Å². The van der Waals surface area contributed by atoms with E-state index in [9.17, 15) is 0 Å². The predicted octanol–water partition coefficient (Wildman–Crippen LogP) is 2.42. The van der Waals surface area contributed by atoms with Crippen LogP contribution in [0.1, 0.15) is 12.8 Å². The average molecular weight is 208 g/mol. The minimum atomic E-state index is 0.346. The van der Waals surface area contributed by atoms with E-state index >= 15 is 0 Å². The highest BCUT2D eigenvalue weighted by Crippen LogP contribution is 2.38. The molecule has 2 fully saturated rings. The van der Waals surface area contributed by atoms with Crippen molar-refractivity contribution >= 4 is 0 Å². The highest BCUT2D eigenvalue weighted by atomic mass is 16.6. The van der Waals surface area contributed by atoms with Gasteiger partial charge in [0.15, 0.2) is 0 Å². The van der Waals surface area contributed by atoms with E-state index in [2.05, 4.69) is 25.3 Å². The molecule has 2 heteroatoms. The maximum atomic E-state index is 5.78. The third-order valence-electron chi connectivity index (χ3n) is 3.58. The molecule has 0 aromatic rings. The summed E-state index contributed by atoms with van der Waals surface area (Å²) in [6.07, 6.45) is 6.89. The fourth-order valence-corrected chi connectivity index (χ4v) is 2.44. The molecule has 15 heavy (non-hydrogen) atoms. The molecule has 0 N–H and O–H groups in total. The number of hydrogen-bond donors (Lipinski definition) is 0. The van der Waals surface area contributed by atoms with Crippen LogP contribution in [0.2, 0.25) is 0 Å². The van der Waals surface area contributed by atoms with Crippen LogP contribution in [-0.2, 0) is 9.47 Å². The highest BCUT2D eigenvalue weighted by molar-refractivity contribution is 4.98. The van der Waals surface area contributed by atoms with Crippen molar-refractivity contribution in [2.24, 2.45) is 17.8 Å². The molecule has 0 radical (unpaired) electrons. The molecule has 84 valence electrons. The van der Waals surface area contributed by atoms with Crippen molar-refractivity contribution in [3.8, 4) is 0 Å². The molecule has 1 aliphatic carbocycles. The van der Waals surface area contributed by atoms with E-state index in [1.165, 1.54) is 12.8 Å². The van der Waals surface area contributed by atoms with Crippen LogP contribution in [0, 0.1) is 17.8 Å². The summed E-state index contributed by atoms with van der Waals surface area (Å²) in [4.78, 5) is 0. The fraction of sp³-hybridized carbons (Fsp3) is 0.692. The number of hydrogen-bond acceptors (Lipinski definition) is 2. The van der Waals surface area contributed by atoms with Crippen LogP contribution in [0.15, 0.2) is 25.3 Å². The first-order valence-corrected chi connectivity index (χ1v) is 5.78. The van der Waals surface area contributed by atoms with Gasteiger partial charge in [0.2, 0.25) is 0 Å². The molecular weight excluding hydrogens is 188 g/mol. The summed E-state index contributed by atoms with van der Waals surface area (Å²) in [6.45, 7) is 10.2. The smallest absolute Gasteiger partial charge is 0.104 e. The van der Waals surface area contributed by atoms with Crippen LogP contribution in [-0.4, -0.2) is 25.9 Å². The Labute approximate surface area is 92.0 Å². The zero-order chi connectivity index (χ0) is 10.7. The first-order valence-electron chi connectivity index (χ1n) is 5.78. The molecule has 0 spiro atoms. The van der Waals surface area contributed by atoms with Gasteiger partial charge >= 0.3 is 0 Å². The van der Waals surface area contributed by atoms with Gasteiger partial charge in [0.1, 0.15) is 6.10 Å². The molecular formula is C13H20O2. The van der Waals surface area contributed by atoms with Gasteiger partial charge in [-0.05, 0) is 30.6 Å². The van der Waals surface area contributed by atoms with Gasteiger partial charge in [0.25, 0.3) is 0 Å². The molecule has 2 aliphatic rings. The molecule has 0 aromatic heterocycles. The van der Waals surface area contributed by atoms with Crippen LogP contribution in [0.25, 0.3) is 0 Å². The van der Waals surface area contributed by atoms with Gasteiger partial charge in [-0.15, -0.1) is 13.2 Å². The zero-order valence-electron chi connectivity index (χ0n) is 9.23. The monoisotopic (exact) mass is 208 g/mol. The summed E-state index contributed by atoms with van der Waals surface area (Å²) in [5.74, 6) is 1.89. The van der Waals surface area contributed by atoms with Crippen molar-refractivity contribution < 1.29 is 9.47 Å². The lowest BCUT2D eigenvalue weighted by molar-refractivity contribution is -0.137. The Kier molecular flexibility index (Phi) is 3.60. The quantitative estimate of drug-likeness (QED) is 0.646. The zero-order valence-corrected chi connectivity index (χ0v) is 9.23. The van der Waals surface area contributed by atoms with E-state index in [0.717, 1.165) is 19.8 Å². The van der Waals surface area contributed by atoms with E-state index in [-0.39, 0.29) is 0 Å². The van der Waals surface area contributed by atoms with Crippen molar-refractivity contribution in [1.29, 1.82) is 0 Å². The SMILES string of the molecule is C=CC1CC(C=C)C(COC2COC2)C1. The third kappa shape index (κ3) is 2.50. The second kappa shape index (κ2) is 4.95. The third-order valence-corrected chi connectivity index (χ3v) is 3.58. The number of rotatable bonds is 5. The normalized spacial score (nSPS) is 36.1. The van der Waals surface area contributed by atoms with E-state index in [1.807, 2.05) is 0 Å². The van der Waals surface area contributed by atoms with Crippen molar-refractivity contribution in [2.45, 2.75) is 18.9 Å². The lowest BCUT2D eigenvalue weighted by atomic mass is 9.97. The summed E-state index contributed by atoms with van der Waals surface area (Å²) in [6, 6.07) is 0. The maximum Gasteiger partial charge on any atom is 0.104 e. The standard InChI is InChI=1S/C13H20O2/c1-3-10-5-11(4-2)12(6-10)7-15-13-8-14-9-13/h3-4,10-13H,1-2,5-9H2. The second-order valence-electron chi connectivity index (χ2n) is 4.62. The summed E-state index contributed by atoms with van der Waals surface area (Å²) >= 11 is 0. The number of allylic oxidation sites excluding steroid dienone is 2. The van der Waals surface area contributed by atoms with Gasteiger partial charge < -0.3 is 9.47 Å². The Morgan fingerprint density at radius 2 is 2.00 bits per heavy atom. The lowest BCUT2D eigenvalue weighted by Gasteiger charge is -2.28. The molecule has 0 aromatic carbocycles. The highest BCUT2D eigenvalue weighted by Gasteiger charge is 2.32. The Balaban J connectivity index is 1.78. The van der Waals surface area contributed by atoms with E-state index in [1.54, 1.807) is 0 Å². The summed E-state index contributed by atoms with van der Waals surface area (Å²) in [7, 11) is 0. The maximum absolute atomic E-state index is 5.78. The van der Waals surface area contributed by atoms with E-state index in [4.69, 9.17) is 9.47 Å². The van der Waals surface area contributed by atoms with Crippen LogP contribution in [0.5, 0.6) is 0 Å². The summed E-state index contributed by atoms with van der Waals surface area (Å²) < 4.78 is 10.9. The minimum Gasteiger partial charge on any atom is -0.376 e. The van der Waals surface area contributed by atoms with Crippen LogP contribution >= 0.6 is 0 Å². The molecule has 2 nitrogen and oxygen atoms in total. The Hall–Kier alpha value is -0.600. The Morgan fingerprint density at radius 3 is 2.53 bits per heavy atom. The lowest BCUT2D eigenvalue weighted by Crippen LogP contribution is -2.37. The molecule has 1 saturated carbocycles. The topological polar surface area (TPSA) is 18.5 Å². The largest absolute Gasteiger partial charge is 0.376 e. The molecule has 2 rings (SSSR count). The van der Waals surface area contributed by atoms with Crippen LogP contribution in [0.4, 0.5) is 0 Å². The Bertz CT molecular complexity index is 233. The predicted molar refractivity (Wildman–Crippen MR) is 60.7 cm³/mol.